The molecular weight excluding hydrogens is 330 g/mol. The lowest BCUT2D eigenvalue weighted by molar-refractivity contribution is -0.127. The molecule has 1 aliphatic rings. The summed E-state index contributed by atoms with van der Waals surface area (Å²) < 4.78 is 5.15. The minimum atomic E-state index is -0.542. The highest BCUT2D eigenvalue weighted by atomic mass is 16.5. The molecular formula is C20H31N3O3. The van der Waals surface area contributed by atoms with E-state index in [9.17, 15) is 9.59 Å². The lowest BCUT2D eigenvalue weighted by Crippen LogP contribution is -2.45. The van der Waals surface area contributed by atoms with Crippen molar-refractivity contribution in [1.29, 1.82) is 0 Å². The first kappa shape index (κ1) is 20.4. The molecule has 1 atom stereocenters. The Kier molecular flexibility index (Phi) is 7.17. The van der Waals surface area contributed by atoms with Gasteiger partial charge in [-0.2, -0.15) is 0 Å². The molecule has 0 aliphatic heterocycles. The predicted octanol–water partition coefficient (Wildman–Crippen LogP) is 2.28. The topological polar surface area (TPSA) is 93.4 Å². The number of amides is 2. The summed E-state index contributed by atoms with van der Waals surface area (Å²) in [4.78, 5) is 25.1. The molecule has 0 aromatic heterocycles. The van der Waals surface area contributed by atoms with Gasteiger partial charge in [-0.25, -0.2) is 0 Å². The van der Waals surface area contributed by atoms with E-state index >= 15 is 0 Å². The average molecular weight is 361 g/mol. The van der Waals surface area contributed by atoms with Crippen LogP contribution in [0, 0.1) is 19.3 Å². The van der Waals surface area contributed by atoms with Gasteiger partial charge in [0.2, 0.25) is 11.8 Å². The van der Waals surface area contributed by atoms with Crippen LogP contribution in [0.3, 0.4) is 0 Å². The van der Waals surface area contributed by atoms with E-state index in [0.29, 0.717) is 13.1 Å². The molecule has 0 spiro atoms. The molecule has 1 unspecified atom stereocenters. The van der Waals surface area contributed by atoms with Gasteiger partial charge >= 0.3 is 0 Å². The average Bonchev–Trinajstić information content (AvgIpc) is 3.11. The molecule has 2 amide bonds. The Morgan fingerprint density at radius 1 is 1.23 bits per heavy atom. The molecule has 0 heterocycles. The zero-order chi connectivity index (χ0) is 19.2. The maximum atomic E-state index is 13.0. The van der Waals surface area contributed by atoms with Crippen molar-refractivity contribution < 1.29 is 14.3 Å². The summed E-state index contributed by atoms with van der Waals surface area (Å²) >= 11 is 0. The molecule has 2 rings (SSSR count). The van der Waals surface area contributed by atoms with Crippen molar-refractivity contribution in [2.75, 3.05) is 25.5 Å². The maximum absolute atomic E-state index is 13.0. The number of aryl methyl sites for hydroxylation is 2. The summed E-state index contributed by atoms with van der Waals surface area (Å²) in [6, 6.07) is 5.91. The monoisotopic (exact) mass is 361 g/mol. The maximum Gasteiger partial charge on any atom is 0.232 e. The summed E-state index contributed by atoms with van der Waals surface area (Å²) in [6.45, 7) is 4.72. The Hall–Kier alpha value is -1.92. The number of methoxy groups -OCH3 is 1. The van der Waals surface area contributed by atoms with Gasteiger partial charge in [0.1, 0.15) is 0 Å². The third-order valence-electron chi connectivity index (χ3n) is 5.44. The first-order valence-corrected chi connectivity index (χ1v) is 9.28. The van der Waals surface area contributed by atoms with E-state index in [2.05, 4.69) is 10.6 Å². The minimum absolute atomic E-state index is 0.0133. The van der Waals surface area contributed by atoms with Gasteiger partial charge in [-0.3, -0.25) is 9.59 Å². The molecule has 4 N–H and O–H groups in total. The van der Waals surface area contributed by atoms with E-state index in [4.69, 9.17) is 10.5 Å². The zero-order valence-electron chi connectivity index (χ0n) is 16.1. The van der Waals surface area contributed by atoms with Crippen LogP contribution in [0.4, 0.5) is 5.69 Å². The predicted molar refractivity (Wildman–Crippen MR) is 103 cm³/mol. The molecule has 0 bridgehead atoms. The fraction of sp³-hybridized carbons (Fsp3) is 0.600. The number of anilines is 1. The Morgan fingerprint density at radius 2 is 1.92 bits per heavy atom. The second kappa shape index (κ2) is 9.14. The fourth-order valence-electron chi connectivity index (χ4n) is 3.43. The number of carbonyl (C=O) groups is 2. The third kappa shape index (κ3) is 5.05. The van der Waals surface area contributed by atoms with Gasteiger partial charge in [0, 0.05) is 25.9 Å². The summed E-state index contributed by atoms with van der Waals surface area (Å²) in [5, 5.41) is 5.96. The zero-order valence-corrected chi connectivity index (χ0v) is 16.1. The van der Waals surface area contributed by atoms with Gasteiger partial charge in [0.15, 0.2) is 0 Å². The third-order valence-corrected chi connectivity index (χ3v) is 5.44. The van der Waals surface area contributed by atoms with Crippen LogP contribution in [0.25, 0.3) is 0 Å². The van der Waals surface area contributed by atoms with E-state index in [1.807, 2.05) is 32.0 Å². The molecule has 6 nitrogen and oxygen atoms in total. The van der Waals surface area contributed by atoms with Crippen molar-refractivity contribution in [2.24, 2.45) is 11.1 Å². The van der Waals surface area contributed by atoms with E-state index in [1.165, 1.54) is 5.56 Å². The smallest absolute Gasteiger partial charge is 0.232 e. The van der Waals surface area contributed by atoms with Crippen molar-refractivity contribution in [3.8, 4) is 0 Å². The quantitative estimate of drug-likeness (QED) is 0.662. The minimum Gasteiger partial charge on any atom is -0.380 e. The van der Waals surface area contributed by atoms with Crippen molar-refractivity contribution in [1.82, 2.24) is 5.32 Å². The lowest BCUT2D eigenvalue weighted by atomic mass is 9.84. The molecule has 1 aromatic carbocycles. The van der Waals surface area contributed by atoms with Crippen LogP contribution in [0.2, 0.25) is 0 Å². The number of rotatable bonds is 8. The first-order valence-electron chi connectivity index (χ1n) is 9.28. The second-order valence-corrected chi connectivity index (χ2v) is 7.31. The summed E-state index contributed by atoms with van der Waals surface area (Å²) in [5.41, 5.74) is 8.16. The Bertz CT molecular complexity index is 635. The van der Waals surface area contributed by atoms with Gasteiger partial charge in [0.25, 0.3) is 0 Å². The largest absolute Gasteiger partial charge is 0.380 e. The van der Waals surface area contributed by atoms with Crippen molar-refractivity contribution in [3.05, 3.63) is 29.3 Å². The number of ether oxygens (including phenoxy) is 1. The van der Waals surface area contributed by atoms with Gasteiger partial charge in [0.05, 0.1) is 17.9 Å². The molecule has 1 fully saturated rings. The fourth-order valence-corrected chi connectivity index (χ4v) is 3.43. The van der Waals surface area contributed by atoms with Crippen LogP contribution in [0.1, 0.15) is 43.2 Å². The van der Waals surface area contributed by atoms with Crippen LogP contribution in [-0.4, -0.2) is 38.1 Å². The molecule has 1 saturated carbocycles. The molecule has 1 aromatic rings. The number of hydrogen-bond donors (Lipinski definition) is 3. The van der Waals surface area contributed by atoms with E-state index in [-0.39, 0.29) is 24.3 Å². The molecule has 0 radical (unpaired) electrons. The van der Waals surface area contributed by atoms with Crippen LogP contribution in [-0.2, 0) is 14.3 Å². The SMILES string of the molecule is COC(CN)CC(=O)NCC1(C(=O)Nc2ccc(C)c(C)c2)CCCC1. The van der Waals surface area contributed by atoms with Crippen LogP contribution in [0.5, 0.6) is 0 Å². The first-order chi connectivity index (χ1) is 12.4. The lowest BCUT2D eigenvalue weighted by Gasteiger charge is -2.28. The highest BCUT2D eigenvalue weighted by Gasteiger charge is 2.41. The molecule has 1 aliphatic carbocycles. The van der Waals surface area contributed by atoms with Gasteiger partial charge in [-0.05, 0) is 49.9 Å². The molecule has 144 valence electrons. The van der Waals surface area contributed by atoms with Crippen LogP contribution < -0.4 is 16.4 Å². The van der Waals surface area contributed by atoms with Crippen molar-refractivity contribution in [2.45, 2.75) is 52.1 Å². The highest BCUT2D eigenvalue weighted by molar-refractivity contribution is 5.96. The van der Waals surface area contributed by atoms with Gasteiger partial charge in [-0.15, -0.1) is 0 Å². The van der Waals surface area contributed by atoms with Crippen LogP contribution >= 0.6 is 0 Å². The summed E-state index contributed by atoms with van der Waals surface area (Å²) in [6.07, 6.45) is 3.49. The molecule has 26 heavy (non-hydrogen) atoms. The number of hydrogen-bond acceptors (Lipinski definition) is 4. The Labute approximate surface area is 155 Å². The number of nitrogens with two attached hydrogens (primary N) is 1. The van der Waals surface area contributed by atoms with E-state index in [1.54, 1.807) is 7.11 Å². The van der Waals surface area contributed by atoms with Gasteiger partial charge < -0.3 is 21.1 Å². The van der Waals surface area contributed by atoms with Crippen LogP contribution in [0.15, 0.2) is 18.2 Å². The van der Waals surface area contributed by atoms with E-state index < -0.39 is 5.41 Å². The van der Waals surface area contributed by atoms with Crippen molar-refractivity contribution >= 4 is 17.5 Å². The second-order valence-electron chi connectivity index (χ2n) is 7.31. The molecule has 6 heteroatoms. The number of benzene rings is 1. The summed E-state index contributed by atoms with van der Waals surface area (Å²) in [7, 11) is 1.54. The Balaban J connectivity index is 2.00. The number of carbonyl (C=O) groups excluding carboxylic acids is 2. The van der Waals surface area contributed by atoms with Gasteiger partial charge in [-0.1, -0.05) is 18.9 Å². The molecule has 0 saturated heterocycles. The van der Waals surface area contributed by atoms with Crippen molar-refractivity contribution in [3.63, 3.8) is 0 Å². The highest BCUT2D eigenvalue weighted by Crippen LogP contribution is 2.38. The summed E-state index contributed by atoms with van der Waals surface area (Å²) in [5.74, 6) is -0.145. The standard InChI is InChI=1S/C20H31N3O3/c1-14-6-7-16(10-15(14)2)23-19(25)20(8-4-5-9-20)13-22-18(24)11-17(12-21)26-3/h6-7,10,17H,4-5,8-9,11-13,21H2,1-3H3,(H,22,24)(H,23,25). The van der Waals surface area contributed by atoms with E-state index in [0.717, 1.165) is 36.9 Å². The number of nitrogens with one attached hydrogen (secondary N) is 2. The Morgan fingerprint density at radius 3 is 2.50 bits per heavy atom. The normalized spacial score (nSPS) is 16.9.